The van der Waals surface area contributed by atoms with E-state index in [9.17, 15) is 0 Å². The summed E-state index contributed by atoms with van der Waals surface area (Å²) < 4.78 is 0. The molecule has 0 saturated heterocycles. The van der Waals surface area contributed by atoms with E-state index in [-0.39, 0.29) is 5.38 Å². The lowest BCUT2D eigenvalue weighted by atomic mass is 10.1. The third-order valence-electron chi connectivity index (χ3n) is 2.13. The number of thiophene rings is 1. The van der Waals surface area contributed by atoms with Crippen molar-refractivity contribution in [3.8, 4) is 0 Å². The summed E-state index contributed by atoms with van der Waals surface area (Å²) in [5, 5.41) is 3.16. The lowest BCUT2D eigenvalue weighted by Gasteiger charge is -2.11. The molecule has 0 saturated carbocycles. The summed E-state index contributed by atoms with van der Waals surface area (Å²) in [6.07, 6.45) is 0. The van der Waals surface area contributed by atoms with E-state index in [0.29, 0.717) is 15.1 Å². The quantitative estimate of drug-likeness (QED) is 0.593. The second kappa shape index (κ2) is 5.16. The van der Waals surface area contributed by atoms with Crippen molar-refractivity contribution in [2.24, 2.45) is 0 Å². The van der Waals surface area contributed by atoms with Gasteiger partial charge in [-0.3, -0.25) is 0 Å². The van der Waals surface area contributed by atoms with Crippen LogP contribution >= 0.6 is 57.7 Å². The molecule has 0 aliphatic rings. The van der Waals surface area contributed by atoms with E-state index in [1.54, 1.807) is 6.07 Å². The maximum atomic E-state index is 6.34. The van der Waals surface area contributed by atoms with Gasteiger partial charge in [-0.15, -0.1) is 22.9 Å². The number of alkyl halides is 1. The van der Waals surface area contributed by atoms with E-state index in [0.717, 1.165) is 10.4 Å². The van der Waals surface area contributed by atoms with Crippen LogP contribution in [0.2, 0.25) is 15.1 Å². The highest BCUT2D eigenvalue weighted by atomic mass is 35.5. The molecule has 0 fully saturated rings. The van der Waals surface area contributed by atoms with Gasteiger partial charge in [0.05, 0.1) is 20.4 Å². The molecule has 1 unspecified atom stereocenters. The van der Waals surface area contributed by atoms with E-state index in [1.165, 1.54) is 11.3 Å². The van der Waals surface area contributed by atoms with Crippen LogP contribution in [0, 0.1) is 0 Å². The highest BCUT2D eigenvalue weighted by molar-refractivity contribution is 7.11. The Kier molecular flexibility index (Phi) is 4.04. The molecule has 1 atom stereocenters. The molecule has 2 rings (SSSR count). The Hall–Kier alpha value is 0.0800. The maximum Gasteiger partial charge on any atom is 0.0957 e. The molecule has 16 heavy (non-hydrogen) atoms. The van der Waals surface area contributed by atoms with Gasteiger partial charge in [0.15, 0.2) is 0 Å². The Morgan fingerprint density at radius 1 is 1.00 bits per heavy atom. The molecule has 0 aliphatic heterocycles. The summed E-state index contributed by atoms with van der Waals surface area (Å²) in [7, 11) is 0. The highest BCUT2D eigenvalue weighted by Crippen LogP contribution is 2.41. The van der Waals surface area contributed by atoms with E-state index >= 15 is 0 Å². The van der Waals surface area contributed by atoms with Crippen molar-refractivity contribution in [3.05, 3.63) is 55.2 Å². The number of rotatable bonds is 2. The van der Waals surface area contributed by atoms with Gasteiger partial charge in [-0.25, -0.2) is 0 Å². The van der Waals surface area contributed by atoms with Gasteiger partial charge in [0.25, 0.3) is 0 Å². The molecule has 1 aromatic carbocycles. The topological polar surface area (TPSA) is 0 Å². The molecular formula is C11H6Cl4S. The van der Waals surface area contributed by atoms with Crippen LogP contribution in [0.25, 0.3) is 0 Å². The van der Waals surface area contributed by atoms with Crippen LogP contribution in [-0.2, 0) is 0 Å². The van der Waals surface area contributed by atoms with Crippen LogP contribution in [-0.4, -0.2) is 0 Å². The van der Waals surface area contributed by atoms with Crippen molar-refractivity contribution < 1.29 is 0 Å². The zero-order valence-electron chi connectivity index (χ0n) is 7.88. The van der Waals surface area contributed by atoms with Gasteiger partial charge in [-0.05, 0) is 23.1 Å². The fourth-order valence-electron chi connectivity index (χ4n) is 1.34. The lowest BCUT2D eigenvalue weighted by Crippen LogP contribution is -1.92. The number of hydrogen-bond acceptors (Lipinski definition) is 1. The second-order valence-electron chi connectivity index (χ2n) is 3.14. The lowest BCUT2D eigenvalue weighted by molar-refractivity contribution is 1.18. The average Bonchev–Trinajstić information content (AvgIpc) is 2.68. The predicted octanol–water partition coefficient (Wildman–Crippen LogP) is 6.04. The standard InChI is InChI=1S/C11H6Cl4S/c12-7-3-1-2-6(9(7)14)10(15)11-8(13)4-5-16-11/h1-5,10H. The third-order valence-corrected chi connectivity index (χ3v) is 4.97. The molecule has 5 heteroatoms. The molecule has 84 valence electrons. The fourth-order valence-corrected chi connectivity index (χ4v) is 3.48. The van der Waals surface area contributed by atoms with Gasteiger partial charge in [-0.1, -0.05) is 46.9 Å². The summed E-state index contributed by atoms with van der Waals surface area (Å²) in [4.78, 5) is 0.882. The Labute approximate surface area is 118 Å². The highest BCUT2D eigenvalue weighted by Gasteiger charge is 2.19. The van der Waals surface area contributed by atoms with Gasteiger partial charge in [0.1, 0.15) is 0 Å². The molecule has 0 nitrogen and oxygen atoms in total. The van der Waals surface area contributed by atoms with Gasteiger partial charge in [-0.2, -0.15) is 0 Å². The van der Waals surface area contributed by atoms with Crippen LogP contribution in [0.1, 0.15) is 15.8 Å². The first-order chi connectivity index (χ1) is 7.61. The summed E-state index contributed by atoms with van der Waals surface area (Å²) in [5.41, 5.74) is 0.778. The molecule has 0 bridgehead atoms. The molecule has 0 spiro atoms. The van der Waals surface area contributed by atoms with Crippen molar-refractivity contribution >= 4 is 57.7 Å². The fraction of sp³-hybridized carbons (Fsp3) is 0.0909. The minimum absolute atomic E-state index is 0.362. The summed E-state index contributed by atoms with van der Waals surface area (Å²) in [6, 6.07) is 7.21. The summed E-state index contributed by atoms with van der Waals surface area (Å²) in [5.74, 6) is 0. The van der Waals surface area contributed by atoms with Crippen molar-refractivity contribution in [2.45, 2.75) is 5.38 Å². The first kappa shape index (κ1) is 12.5. The Morgan fingerprint density at radius 2 is 1.75 bits per heavy atom. The zero-order chi connectivity index (χ0) is 11.7. The number of hydrogen-bond donors (Lipinski definition) is 0. The Bertz CT molecular complexity index is 506. The van der Waals surface area contributed by atoms with Crippen LogP contribution in [0.3, 0.4) is 0 Å². The molecule has 1 heterocycles. The molecule has 1 aromatic heterocycles. The molecular weight excluding hydrogens is 306 g/mol. The Balaban J connectivity index is 2.46. The second-order valence-corrected chi connectivity index (χ2v) is 5.71. The van der Waals surface area contributed by atoms with E-state index in [4.69, 9.17) is 46.4 Å². The van der Waals surface area contributed by atoms with E-state index in [2.05, 4.69) is 0 Å². The number of halogens is 4. The normalized spacial score (nSPS) is 12.8. The minimum Gasteiger partial charge on any atom is -0.145 e. The third kappa shape index (κ3) is 2.34. The minimum atomic E-state index is -0.362. The van der Waals surface area contributed by atoms with E-state index < -0.39 is 0 Å². The molecule has 0 N–H and O–H groups in total. The number of benzene rings is 1. The molecule has 0 radical (unpaired) electrons. The van der Waals surface area contributed by atoms with Gasteiger partial charge < -0.3 is 0 Å². The van der Waals surface area contributed by atoms with Crippen LogP contribution in [0.15, 0.2) is 29.6 Å². The van der Waals surface area contributed by atoms with Crippen molar-refractivity contribution in [2.75, 3.05) is 0 Å². The first-order valence-corrected chi connectivity index (χ1v) is 6.87. The SMILES string of the molecule is Clc1ccsc1C(Cl)c1cccc(Cl)c1Cl. The molecule has 0 amide bonds. The van der Waals surface area contributed by atoms with Gasteiger partial charge in [0, 0.05) is 4.88 Å². The van der Waals surface area contributed by atoms with E-state index in [1.807, 2.05) is 23.6 Å². The van der Waals surface area contributed by atoms with Crippen molar-refractivity contribution in [3.63, 3.8) is 0 Å². The molecule has 2 aromatic rings. The van der Waals surface area contributed by atoms with Crippen LogP contribution < -0.4 is 0 Å². The van der Waals surface area contributed by atoms with Crippen molar-refractivity contribution in [1.29, 1.82) is 0 Å². The monoisotopic (exact) mass is 310 g/mol. The van der Waals surface area contributed by atoms with Crippen LogP contribution in [0.4, 0.5) is 0 Å². The Morgan fingerprint density at radius 3 is 2.38 bits per heavy atom. The molecule has 0 aliphatic carbocycles. The summed E-state index contributed by atoms with van der Waals surface area (Å²) >= 11 is 25.9. The predicted molar refractivity (Wildman–Crippen MR) is 73.5 cm³/mol. The van der Waals surface area contributed by atoms with Crippen LogP contribution in [0.5, 0.6) is 0 Å². The zero-order valence-corrected chi connectivity index (χ0v) is 11.7. The largest absolute Gasteiger partial charge is 0.145 e. The summed E-state index contributed by atoms with van der Waals surface area (Å²) in [6.45, 7) is 0. The first-order valence-electron chi connectivity index (χ1n) is 4.42. The smallest absolute Gasteiger partial charge is 0.0957 e. The maximum absolute atomic E-state index is 6.34. The van der Waals surface area contributed by atoms with Gasteiger partial charge >= 0.3 is 0 Å². The van der Waals surface area contributed by atoms with Gasteiger partial charge in [0.2, 0.25) is 0 Å². The average molecular weight is 312 g/mol. The van der Waals surface area contributed by atoms with Crippen molar-refractivity contribution in [1.82, 2.24) is 0 Å².